The molecule has 1 nitrogen and oxygen atoms in total. The lowest BCUT2D eigenvalue weighted by Crippen LogP contribution is -2.10. The van der Waals surface area contributed by atoms with Gasteiger partial charge in [0.25, 0.3) is 0 Å². The molecule has 0 spiro atoms. The Labute approximate surface area is 375 Å². The van der Waals surface area contributed by atoms with Gasteiger partial charge in [-0.1, -0.05) is 200 Å². The van der Waals surface area contributed by atoms with Crippen LogP contribution in [0.15, 0.2) is 236 Å². The van der Waals surface area contributed by atoms with E-state index >= 15 is 0 Å². The molecule has 0 aliphatic rings. The van der Waals surface area contributed by atoms with Crippen molar-refractivity contribution in [3.63, 3.8) is 0 Å². The van der Waals surface area contributed by atoms with Gasteiger partial charge in [-0.2, -0.15) is 0 Å². The van der Waals surface area contributed by atoms with Crippen LogP contribution in [0.25, 0.3) is 77.2 Å². The molecule has 0 fully saturated rings. The summed E-state index contributed by atoms with van der Waals surface area (Å²) < 4.78 is 257. The maximum Gasteiger partial charge on any atom is 0.0652 e. The highest BCUT2D eigenvalue weighted by molar-refractivity contribution is 6.05. The first-order valence-electron chi connectivity index (χ1n) is 31.7. The third-order valence-electron chi connectivity index (χ3n) is 9.03. The van der Waals surface area contributed by atoms with Gasteiger partial charge in [-0.25, -0.2) is 0 Å². The number of benzene rings is 10. The molecule has 0 N–H and O–H groups in total. The number of nitrogens with zero attached hydrogens (tertiary/aromatic N) is 1. The van der Waals surface area contributed by atoms with Crippen LogP contribution in [-0.4, -0.2) is 0 Å². The van der Waals surface area contributed by atoms with Gasteiger partial charge in [0.1, 0.15) is 0 Å². The lowest BCUT2D eigenvalue weighted by atomic mass is 9.92. The average Bonchev–Trinajstić information content (AvgIpc) is 0.784. The predicted molar refractivity (Wildman–Crippen MR) is 243 cm³/mol. The summed E-state index contributed by atoms with van der Waals surface area (Å²) in [6, 6.07) is -8.98. The Kier molecular flexibility index (Phi) is 4.00. The maximum atomic E-state index is 10.1. The molecule has 0 heterocycles. The largest absolute Gasteiger partial charge is 0.310 e. The topological polar surface area (TPSA) is 3.24 Å². The monoisotopic (exact) mass is 754 g/mol. The zero-order chi connectivity index (χ0) is 63.2. The Bertz CT molecular complexity index is 4650. The van der Waals surface area contributed by atoms with E-state index < -0.39 is 208 Å². The fourth-order valence-corrected chi connectivity index (χ4v) is 6.45. The van der Waals surface area contributed by atoms with Gasteiger partial charge in [0.05, 0.1) is 39.8 Å². The van der Waals surface area contributed by atoms with E-state index in [1.54, 1.807) is 0 Å². The van der Waals surface area contributed by atoms with Crippen molar-refractivity contribution in [1.82, 2.24) is 0 Å². The van der Waals surface area contributed by atoms with Crippen LogP contribution in [0.4, 0.5) is 17.1 Å². The van der Waals surface area contributed by atoms with E-state index in [2.05, 4.69) is 0 Å². The van der Waals surface area contributed by atoms with Gasteiger partial charge in [-0.05, 0) is 114 Å². The minimum absolute atomic E-state index is 0.0106. The van der Waals surface area contributed by atoms with Crippen LogP contribution in [0.5, 0.6) is 0 Å². The van der Waals surface area contributed by atoms with Crippen LogP contribution in [0, 0.1) is 0 Å². The lowest BCUT2D eigenvalue weighted by Gasteiger charge is -2.27. The van der Waals surface area contributed by atoms with Crippen molar-refractivity contribution in [2.24, 2.45) is 0 Å². The quantitative estimate of drug-likeness (QED) is 0.149. The summed E-state index contributed by atoms with van der Waals surface area (Å²) in [6.07, 6.45) is 0. The molecular weight excluding hydrogens is 687 g/mol. The second-order valence-corrected chi connectivity index (χ2v) is 12.3. The van der Waals surface area contributed by atoms with Crippen molar-refractivity contribution in [2.45, 2.75) is 0 Å². The van der Waals surface area contributed by atoms with E-state index in [1.165, 1.54) is 18.2 Å². The summed E-state index contributed by atoms with van der Waals surface area (Å²) in [5.74, 6) is 0. The molecule has 0 aliphatic carbocycles. The Balaban J connectivity index is 1.32. The summed E-state index contributed by atoms with van der Waals surface area (Å²) in [7, 11) is 0. The summed E-state index contributed by atoms with van der Waals surface area (Å²) in [6.45, 7) is 0. The molecule has 0 atom stereocenters. The van der Waals surface area contributed by atoms with Gasteiger partial charge in [0.2, 0.25) is 0 Å². The highest BCUT2D eigenvalue weighted by Crippen LogP contribution is 2.43. The highest BCUT2D eigenvalue weighted by atomic mass is 15.1. The zero-order valence-electron chi connectivity index (χ0n) is 58.2. The molecule has 10 aromatic carbocycles. The Morgan fingerprint density at radius 3 is 1.65 bits per heavy atom. The Morgan fingerprint density at radius 1 is 0.263 bits per heavy atom. The molecule has 57 heavy (non-hydrogen) atoms. The molecule has 268 valence electrons. The van der Waals surface area contributed by atoms with Crippen LogP contribution in [-0.2, 0) is 0 Å². The SMILES string of the molecule is [2H]c1cc2c(-c3c([2H])c([2H])c([2H])c([2H])c3[2H])cc([2H])c(-c3c([2H])cc(N(c4ccc(-c5cc([2H])c([2H])c([2H])c5[2H])c(-c5cc([2H])c([2H])c([2H])c5[2H])c4[2H])c4c([2H])cc(-c5c([2H])c([2H])c([2H])c6c([2H])c([2H])c([2H])c([2H])c56)c([2H])c4[2H])cc3[2H])c2cc1[2H]. The van der Waals surface area contributed by atoms with Gasteiger partial charge in [0.15, 0.2) is 0 Å². The zero-order valence-corrected chi connectivity index (χ0v) is 29.2. The maximum absolute atomic E-state index is 10.1. The first-order chi connectivity index (χ1) is 40.3. The van der Waals surface area contributed by atoms with Crippen LogP contribution < -0.4 is 4.90 Å². The molecule has 10 rings (SSSR count). The molecule has 1 heteroatoms. The smallest absolute Gasteiger partial charge is 0.0652 e. The van der Waals surface area contributed by atoms with Crippen molar-refractivity contribution in [3.05, 3.63) is 236 Å². The number of anilines is 3. The number of hydrogen-bond acceptors (Lipinski definition) is 1. The summed E-state index contributed by atoms with van der Waals surface area (Å²) >= 11 is 0. The number of fused-ring (bicyclic) bond motifs is 2. The predicted octanol–water partition coefficient (Wildman–Crippen LogP) is 15.8. The van der Waals surface area contributed by atoms with Gasteiger partial charge in [0, 0.05) is 17.1 Å². The Morgan fingerprint density at radius 2 is 0.860 bits per heavy atom. The van der Waals surface area contributed by atoms with Gasteiger partial charge >= 0.3 is 0 Å². The van der Waals surface area contributed by atoms with E-state index in [9.17, 15) is 9.60 Å². The van der Waals surface area contributed by atoms with E-state index in [0.717, 1.165) is 47.4 Å². The molecule has 0 radical (unpaired) electrons. The van der Waals surface area contributed by atoms with Gasteiger partial charge in [-0.15, -0.1) is 0 Å². The highest BCUT2D eigenvalue weighted by Gasteiger charge is 2.18. The van der Waals surface area contributed by atoms with E-state index in [0.29, 0.717) is 0 Å². The van der Waals surface area contributed by atoms with Crippen LogP contribution >= 0.6 is 0 Å². The van der Waals surface area contributed by atoms with Crippen molar-refractivity contribution in [1.29, 1.82) is 0 Å². The van der Waals surface area contributed by atoms with E-state index in [4.69, 9.17) is 30.2 Å². The molecule has 0 unspecified atom stereocenters. The fraction of sp³-hybridized carbons (Fsp3) is 0. The molecule has 0 aliphatic heterocycles. The van der Waals surface area contributed by atoms with Crippen LogP contribution in [0.1, 0.15) is 39.8 Å². The third kappa shape index (κ3) is 6.56. The lowest BCUT2D eigenvalue weighted by molar-refractivity contribution is 1.28. The normalized spacial score (nSPS) is 18.3. The molecule has 0 saturated heterocycles. The van der Waals surface area contributed by atoms with Crippen molar-refractivity contribution >= 4 is 38.6 Å². The molecule has 10 aromatic rings. The second-order valence-electron chi connectivity index (χ2n) is 12.3. The summed E-state index contributed by atoms with van der Waals surface area (Å²) in [5.41, 5.74) is -4.64. The first-order valence-corrected chi connectivity index (χ1v) is 17.2. The van der Waals surface area contributed by atoms with Gasteiger partial charge < -0.3 is 4.90 Å². The van der Waals surface area contributed by atoms with Crippen LogP contribution in [0.2, 0.25) is 0 Å². The summed E-state index contributed by atoms with van der Waals surface area (Å²) in [5, 5.41) is -1.06. The third-order valence-corrected chi connectivity index (χ3v) is 9.03. The second kappa shape index (κ2) is 15.0. The van der Waals surface area contributed by atoms with Crippen molar-refractivity contribution in [2.75, 3.05) is 4.90 Å². The minimum Gasteiger partial charge on any atom is -0.310 e. The van der Waals surface area contributed by atoms with E-state index in [1.807, 2.05) is 0 Å². The molecular formula is C56H39N. The Hall–Kier alpha value is -7.48. The number of hydrogen-bond donors (Lipinski definition) is 0. The van der Waals surface area contributed by atoms with Gasteiger partial charge in [-0.3, -0.25) is 0 Å². The summed E-state index contributed by atoms with van der Waals surface area (Å²) in [4.78, 5) is 0.970. The molecule has 0 amide bonds. The molecule has 0 aromatic heterocycles. The van der Waals surface area contributed by atoms with Crippen molar-refractivity contribution < 1.29 is 39.8 Å². The van der Waals surface area contributed by atoms with Crippen molar-refractivity contribution in [3.8, 4) is 55.6 Å². The van der Waals surface area contributed by atoms with Crippen LogP contribution in [0.3, 0.4) is 0 Å². The minimum atomic E-state index is -0.926. The average molecular weight is 755 g/mol. The molecule has 0 bridgehead atoms. The number of rotatable bonds is 8. The standard InChI is InChI=1S/C56H39N/c1-4-15-40(16-5-1)51-37-38-52(55-25-13-12-24-54(51)55)45-29-33-47(34-30-45)57(46-31-27-44(28-32-46)50-26-14-22-42-21-10-11-23-49(42)50)48-35-36-53(41-17-6-2-7-18-41)56(39-48)43-19-8-3-9-20-43/h1-39H/i1D,2D,3D,4D,5D,6D,7D,8D,9D,10D,11D,12D,13D,14D,15D,16D,17D,19D,21D,22D,23D,26D,27D,29D,30D,31D,32D,38D,39D. The fourth-order valence-electron chi connectivity index (χ4n) is 6.45. The first kappa shape index (κ1) is 15.2. The van der Waals surface area contributed by atoms with E-state index in [-0.39, 0.29) is 61.4 Å². The molecule has 0 saturated carbocycles.